The van der Waals surface area contributed by atoms with E-state index in [0.29, 0.717) is 23.9 Å². The standard InChI is InChI=1S/C17H25N5O2S/c1-7-22(8-2)15(24)11-9-12(21(6)20-11)14(23)19-16-18-13(10-25-16)17(3,4)5/h9-10H,7-8H2,1-6H3,(H,18,19,23). The summed E-state index contributed by atoms with van der Waals surface area (Å²) in [6, 6.07) is 1.52. The minimum Gasteiger partial charge on any atom is -0.338 e. The maximum absolute atomic E-state index is 12.5. The Morgan fingerprint density at radius 2 is 1.92 bits per heavy atom. The van der Waals surface area contributed by atoms with Crippen LogP contribution in [0.15, 0.2) is 11.4 Å². The van der Waals surface area contributed by atoms with Crippen molar-refractivity contribution in [3.8, 4) is 0 Å². The minimum atomic E-state index is -0.330. The van der Waals surface area contributed by atoms with Gasteiger partial charge >= 0.3 is 0 Å². The lowest BCUT2D eigenvalue weighted by Gasteiger charge is -2.16. The lowest BCUT2D eigenvalue weighted by Crippen LogP contribution is -2.30. The third-order valence-electron chi connectivity index (χ3n) is 3.88. The lowest BCUT2D eigenvalue weighted by molar-refractivity contribution is 0.0766. The van der Waals surface area contributed by atoms with Crippen LogP contribution >= 0.6 is 11.3 Å². The van der Waals surface area contributed by atoms with Crippen LogP contribution in [0.5, 0.6) is 0 Å². The Bertz CT molecular complexity index is 768. The van der Waals surface area contributed by atoms with E-state index in [2.05, 4.69) is 36.2 Å². The second kappa shape index (κ2) is 7.35. The van der Waals surface area contributed by atoms with Crippen molar-refractivity contribution in [1.82, 2.24) is 19.7 Å². The fraction of sp³-hybridized carbons (Fsp3) is 0.529. The van der Waals surface area contributed by atoms with Crippen molar-refractivity contribution in [3.63, 3.8) is 0 Å². The SMILES string of the molecule is CCN(CC)C(=O)c1cc(C(=O)Nc2nc(C(C)(C)C)cs2)n(C)n1. The molecule has 0 saturated heterocycles. The first-order valence-corrected chi connectivity index (χ1v) is 9.16. The monoisotopic (exact) mass is 363 g/mol. The molecule has 2 amide bonds. The number of thiazole rings is 1. The van der Waals surface area contributed by atoms with Gasteiger partial charge < -0.3 is 4.90 Å². The second-order valence-corrected chi connectivity index (χ2v) is 7.62. The Labute approximate surface area is 152 Å². The molecule has 25 heavy (non-hydrogen) atoms. The molecule has 1 N–H and O–H groups in total. The van der Waals surface area contributed by atoms with Crippen molar-refractivity contribution in [2.75, 3.05) is 18.4 Å². The van der Waals surface area contributed by atoms with Gasteiger partial charge in [0.1, 0.15) is 5.69 Å². The van der Waals surface area contributed by atoms with Gasteiger partial charge in [-0.2, -0.15) is 5.10 Å². The summed E-state index contributed by atoms with van der Waals surface area (Å²) in [7, 11) is 1.65. The van der Waals surface area contributed by atoms with Gasteiger partial charge in [-0.15, -0.1) is 11.3 Å². The van der Waals surface area contributed by atoms with E-state index in [1.165, 1.54) is 22.1 Å². The molecule has 0 aliphatic rings. The van der Waals surface area contributed by atoms with Gasteiger partial charge in [0, 0.05) is 37.0 Å². The highest BCUT2D eigenvalue weighted by atomic mass is 32.1. The highest BCUT2D eigenvalue weighted by molar-refractivity contribution is 7.14. The zero-order valence-corrected chi connectivity index (χ0v) is 16.4. The molecule has 0 saturated carbocycles. The van der Waals surface area contributed by atoms with Gasteiger partial charge in [-0.25, -0.2) is 4.98 Å². The van der Waals surface area contributed by atoms with Crippen molar-refractivity contribution in [2.24, 2.45) is 7.05 Å². The van der Waals surface area contributed by atoms with Crippen LogP contribution in [-0.2, 0) is 12.5 Å². The van der Waals surface area contributed by atoms with Crippen molar-refractivity contribution >= 4 is 28.3 Å². The molecule has 7 nitrogen and oxygen atoms in total. The highest BCUT2D eigenvalue weighted by Gasteiger charge is 2.22. The summed E-state index contributed by atoms with van der Waals surface area (Å²) in [6.07, 6.45) is 0. The fourth-order valence-corrected chi connectivity index (χ4v) is 3.23. The van der Waals surface area contributed by atoms with Crippen LogP contribution in [-0.4, -0.2) is 44.6 Å². The van der Waals surface area contributed by atoms with E-state index in [0.717, 1.165) is 5.69 Å². The first-order chi connectivity index (χ1) is 11.7. The Hall–Kier alpha value is -2.22. The molecule has 0 spiro atoms. The van der Waals surface area contributed by atoms with Crippen LogP contribution < -0.4 is 5.32 Å². The van der Waals surface area contributed by atoms with Crippen molar-refractivity contribution in [1.29, 1.82) is 0 Å². The Balaban J connectivity index is 2.17. The molecule has 0 aliphatic heterocycles. The number of aryl methyl sites for hydroxylation is 1. The summed E-state index contributed by atoms with van der Waals surface area (Å²) >= 11 is 1.38. The zero-order chi connectivity index (χ0) is 18.8. The van der Waals surface area contributed by atoms with Crippen LogP contribution in [0.3, 0.4) is 0 Å². The van der Waals surface area contributed by atoms with Crippen LogP contribution in [0.1, 0.15) is 61.3 Å². The largest absolute Gasteiger partial charge is 0.338 e. The van der Waals surface area contributed by atoms with Crippen molar-refractivity contribution < 1.29 is 9.59 Å². The molecule has 2 heterocycles. The van der Waals surface area contributed by atoms with Crippen LogP contribution in [0.4, 0.5) is 5.13 Å². The average Bonchev–Trinajstić information content (AvgIpc) is 3.14. The van der Waals surface area contributed by atoms with Gasteiger partial charge in [-0.05, 0) is 13.8 Å². The molecule has 0 aliphatic carbocycles. The number of anilines is 1. The minimum absolute atomic E-state index is 0.0740. The summed E-state index contributed by atoms with van der Waals surface area (Å²) < 4.78 is 1.42. The molecule has 0 unspecified atom stereocenters. The molecule has 0 atom stereocenters. The van der Waals surface area contributed by atoms with Gasteiger partial charge in [-0.3, -0.25) is 19.6 Å². The van der Waals surface area contributed by atoms with Crippen LogP contribution in [0.25, 0.3) is 0 Å². The number of rotatable bonds is 5. The van der Waals surface area contributed by atoms with Crippen molar-refractivity contribution in [3.05, 3.63) is 28.5 Å². The van der Waals surface area contributed by atoms with Crippen molar-refractivity contribution in [2.45, 2.75) is 40.0 Å². The maximum Gasteiger partial charge on any atom is 0.275 e. The molecular weight excluding hydrogens is 338 g/mol. The van der Waals surface area contributed by atoms with E-state index >= 15 is 0 Å². The smallest absolute Gasteiger partial charge is 0.275 e. The zero-order valence-electron chi connectivity index (χ0n) is 15.6. The Morgan fingerprint density at radius 1 is 1.28 bits per heavy atom. The molecule has 2 rings (SSSR count). The van der Waals surface area contributed by atoms with Gasteiger partial charge in [0.15, 0.2) is 10.8 Å². The van der Waals surface area contributed by atoms with E-state index in [9.17, 15) is 9.59 Å². The first-order valence-electron chi connectivity index (χ1n) is 8.28. The summed E-state index contributed by atoms with van der Waals surface area (Å²) in [4.78, 5) is 31.0. The summed E-state index contributed by atoms with van der Waals surface area (Å²) in [5.74, 6) is -0.507. The average molecular weight is 363 g/mol. The quantitative estimate of drug-likeness (QED) is 0.886. The topological polar surface area (TPSA) is 80.1 Å². The number of hydrogen-bond donors (Lipinski definition) is 1. The number of carbonyl (C=O) groups excluding carboxylic acids is 2. The van der Waals surface area contributed by atoms with E-state index in [-0.39, 0.29) is 22.9 Å². The normalized spacial score (nSPS) is 11.4. The number of nitrogens with one attached hydrogen (secondary N) is 1. The molecule has 0 fully saturated rings. The predicted octanol–water partition coefficient (Wildman–Crippen LogP) is 2.91. The summed E-state index contributed by atoms with van der Waals surface area (Å²) in [5, 5.41) is 9.44. The molecule has 0 radical (unpaired) electrons. The molecule has 0 aromatic carbocycles. The lowest BCUT2D eigenvalue weighted by atomic mass is 9.93. The molecule has 8 heteroatoms. The number of hydrogen-bond acceptors (Lipinski definition) is 5. The van der Waals surface area contributed by atoms with E-state index in [1.54, 1.807) is 11.9 Å². The highest BCUT2D eigenvalue weighted by Crippen LogP contribution is 2.26. The number of aromatic nitrogens is 3. The van der Waals surface area contributed by atoms with Gasteiger partial charge in [-0.1, -0.05) is 20.8 Å². The third kappa shape index (κ3) is 4.25. The van der Waals surface area contributed by atoms with Gasteiger partial charge in [0.2, 0.25) is 0 Å². The van der Waals surface area contributed by atoms with E-state index in [4.69, 9.17) is 0 Å². The fourth-order valence-electron chi connectivity index (χ4n) is 2.29. The van der Waals surface area contributed by atoms with E-state index < -0.39 is 0 Å². The van der Waals surface area contributed by atoms with Crippen LogP contribution in [0.2, 0.25) is 0 Å². The molecule has 2 aromatic rings. The predicted molar refractivity (Wildman–Crippen MR) is 99.2 cm³/mol. The van der Waals surface area contributed by atoms with Gasteiger partial charge in [0.25, 0.3) is 11.8 Å². The molecule has 0 bridgehead atoms. The van der Waals surface area contributed by atoms with Crippen LogP contribution in [0, 0.1) is 0 Å². The molecular formula is C17H25N5O2S. The first kappa shape index (κ1) is 19.1. The van der Waals surface area contributed by atoms with Gasteiger partial charge in [0.05, 0.1) is 5.69 Å². The maximum atomic E-state index is 12.5. The Morgan fingerprint density at radius 3 is 2.44 bits per heavy atom. The number of nitrogens with zero attached hydrogens (tertiary/aromatic N) is 4. The second-order valence-electron chi connectivity index (χ2n) is 6.76. The molecule has 136 valence electrons. The number of amides is 2. The van der Waals surface area contributed by atoms with E-state index in [1.807, 2.05) is 19.2 Å². The summed E-state index contributed by atoms with van der Waals surface area (Å²) in [5.41, 5.74) is 1.44. The summed E-state index contributed by atoms with van der Waals surface area (Å²) in [6.45, 7) is 11.2. The number of carbonyl (C=O) groups is 2. The molecule has 2 aromatic heterocycles. The third-order valence-corrected chi connectivity index (χ3v) is 4.63. The Kier molecular flexibility index (Phi) is 5.62.